The van der Waals surface area contributed by atoms with Gasteiger partial charge in [0.05, 0.1) is 12.8 Å². The van der Waals surface area contributed by atoms with Crippen LogP contribution in [0.5, 0.6) is 11.5 Å². The van der Waals surface area contributed by atoms with Crippen LogP contribution in [0.25, 0.3) is 0 Å². The Balaban J connectivity index is 1.62. The van der Waals surface area contributed by atoms with E-state index in [-0.39, 0.29) is 6.61 Å². The number of piperazine rings is 1. The number of nitrogens with two attached hydrogens (primary N) is 1. The first-order chi connectivity index (χ1) is 13.1. The van der Waals surface area contributed by atoms with Crippen molar-refractivity contribution in [2.75, 3.05) is 38.3 Å². The summed E-state index contributed by atoms with van der Waals surface area (Å²) in [6.07, 6.45) is 0. The molecule has 1 heterocycles. The molecule has 0 spiro atoms. The van der Waals surface area contributed by atoms with Gasteiger partial charge in [0, 0.05) is 32.2 Å². The third-order valence-electron chi connectivity index (χ3n) is 4.86. The Bertz CT molecular complexity index is 781. The van der Waals surface area contributed by atoms with E-state index >= 15 is 0 Å². The number of amides is 1. The lowest BCUT2D eigenvalue weighted by molar-refractivity contribution is -0.119. The quantitative estimate of drug-likeness (QED) is 0.811. The second-order valence-corrected chi connectivity index (χ2v) is 6.84. The van der Waals surface area contributed by atoms with Gasteiger partial charge in [0.25, 0.3) is 5.91 Å². The van der Waals surface area contributed by atoms with Crippen molar-refractivity contribution in [3.8, 4) is 11.5 Å². The van der Waals surface area contributed by atoms with Crippen LogP contribution in [0.2, 0.25) is 0 Å². The normalized spacial score (nSPS) is 17.6. The maximum absolute atomic E-state index is 10.9. The van der Waals surface area contributed by atoms with Gasteiger partial charge in [0.15, 0.2) is 6.61 Å². The van der Waals surface area contributed by atoms with Crippen molar-refractivity contribution in [2.24, 2.45) is 5.73 Å². The minimum Gasteiger partial charge on any atom is -0.495 e. The predicted molar refractivity (Wildman–Crippen MR) is 106 cm³/mol. The van der Waals surface area contributed by atoms with Gasteiger partial charge < -0.3 is 20.1 Å². The molecule has 144 valence electrons. The Kier molecular flexibility index (Phi) is 6.19. The van der Waals surface area contributed by atoms with Crippen LogP contribution < -0.4 is 20.1 Å². The van der Waals surface area contributed by atoms with E-state index in [2.05, 4.69) is 28.9 Å². The van der Waals surface area contributed by atoms with E-state index in [9.17, 15) is 4.79 Å². The molecule has 3 rings (SSSR count). The summed E-state index contributed by atoms with van der Waals surface area (Å²) in [4.78, 5) is 15.7. The van der Waals surface area contributed by atoms with Gasteiger partial charge in [0.2, 0.25) is 0 Å². The molecule has 0 bridgehead atoms. The van der Waals surface area contributed by atoms with Crippen molar-refractivity contribution in [3.05, 3.63) is 54.1 Å². The summed E-state index contributed by atoms with van der Waals surface area (Å²) >= 11 is 0. The molecule has 1 aliphatic heterocycles. The zero-order valence-electron chi connectivity index (χ0n) is 15.9. The number of benzene rings is 2. The van der Waals surface area contributed by atoms with E-state index in [0.717, 1.165) is 43.2 Å². The monoisotopic (exact) mass is 369 g/mol. The van der Waals surface area contributed by atoms with Crippen molar-refractivity contribution < 1.29 is 14.3 Å². The molecule has 2 aromatic carbocycles. The van der Waals surface area contributed by atoms with Gasteiger partial charge in [-0.15, -0.1) is 0 Å². The van der Waals surface area contributed by atoms with Gasteiger partial charge in [0.1, 0.15) is 11.5 Å². The summed E-state index contributed by atoms with van der Waals surface area (Å²) in [6.45, 7) is 5.84. The van der Waals surface area contributed by atoms with Crippen LogP contribution >= 0.6 is 0 Å². The standard InChI is InChI=1S/C21H27N3O3/c1-16-13-24(19-8-3-4-9-20(19)26-2)11-10-23(16)14-17-6-5-7-18(12-17)27-15-21(22)25/h3-9,12,16H,10-11,13-15H2,1-2H3,(H2,22,25)/t16-/m0/s1. The lowest BCUT2D eigenvalue weighted by Crippen LogP contribution is -2.51. The number of nitrogens with zero attached hydrogens (tertiary/aromatic N) is 2. The van der Waals surface area contributed by atoms with Gasteiger partial charge >= 0.3 is 0 Å². The van der Waals surface area contributed by atoms with Gasteiger partial charge in [-0.3, -0.25) is 9.69 Å². The van der Waals surface area contributed by atoms with E-state index in [1.54, 1.807) is 7.11 Å². The molecule has 2 aromatic rings. The van der Waals surface area contributed by atoms with Crippen molar-refractivity contribution >= 4 is 11.6 Å². The molecular formula is C21H27N3O3. The highest BCUT2D eigenvalue weighted by atomic mass is 16.5. The van der Waals surface area contributed by atoms with Gasteiger partial charge in [-0.25, -0.2) is 0 Å². The largest absolute Gasteiger partial charge is 0.495 e. The number of primary amides is 1. The molecule has 1 amide bonds. The number of rotatable bonds is 7. The van der Waals surface area contributed by atoms with Crippen LogP contribution in [0.15, 0.2) is 48.5 Å². The highest BCUT2D eigenvalue weighted by molar-refractivity contribution is 5.75. The van der Waals surface area contributed by atoms with E-state index in [4.69, 9.17) is 15.2 Å². The molecule has 0 aromatic heterocycles. The maximum atomic E-state index is 10.9. The molecule has 0 saturated carbocycles. The van der Waals surface area contributed by atoms with Crippen LogP contribution in [-0.4, -0.2) is 50.2 Å². The molecule has 2 N–H and O–H groups in total. The zero-order valence-corrected chi connectivity index (χ0v) is 15.9. The molecule has 6 nitrogen and oxygen atoms in total. The average Bonchev–Trinajstić information content (AvgIpc) is 2.68. The van der Waals surface area contributed by atoms with Crippen LogP contribution in [0.1, 0.15) is 12.5 Å². The molecule has 1 saturated heterocycles. The Morgan fingerprint density at radius 3 is 2.74 bits per heavy atom. The average molecular weight is 369 g/mol. The number of hydrogen-bond donors (Lipinski definition) is 1. The third kappa shape index (κ3) is 4.92. The molecule has 27 heavy (non-hydrogen) atoms. The fourth-order valence-corrected chi connectivity index (χ4v) is 3.46. The van der Waals surface area contributed by atoms with Crippen LogP contribution in [0, 0.1) is 0 Å². The number of para-hydroxylation sites is 2. The number of ether oxygens (including phenoxy) is 2. The molecule has 1 aliphatic rings. The van der Waals surface area contributed by atoms with Crippen LogP contribution in [0.3, 0.4) is 0 Å². The SMILES string of the molecule is COc1ccccc1N1CCN(Cc2cccc(OCC(N)=O)c2)[C@@H](C)C1. The highest BCUT2D eigenvalue weighted by Crippen LogP contribution is 2.30. The maximum Gasteiger partial charge on any atom is 0.255 e. The van der Waals surface area contributed by atoms with Crippen LogP contribution in [0.4, 0.5) is 5.69 Å². The van der Waals surface area contributed by atoms with Crippen molar-refractivity contribution in [1.29, 1.82) is 0 Å². The minimum absolute atomic E-state index is 0.0998. The van der Waals surface area contributed by atoms with E-state index in [0.29, 0.717) is 11.8 Å². The minimum atomic E-state index is -0.471. The van der Waals surface area contributed by atoms with E-state index < -0.39 is 5.91 Å². The topological polar surface area (TPSA) is 68.0 Å². The number of carbonyl (C=O) groups is 1. The van der Waals surface area contributed by atoms with E-state index in [1.165, 1.54) is 0 Å². The molecule has 6 heteroatoms. The fourth-order valence-electron chi connectivity index (χ4n) is 3.46. The molecule has 0 radical (unpaired) electrons. The molecule has 1 atom stereocenters. The Morgan fingerprint density at radius 2 is 2.00 bits per heavy atom. The summed E-state index contributed by atoms with van der Waals surface area (Å²) in [6, 6.07) is 16.4. The second kappa shape index (κ2) is 8.77. The predicted octanol–water partition coefficient (Wildman–Crippen LogP) is 2.27. The van der Waals surface area contributed by atoms with Crippen molar-refractivity contribution in [2.45, 2.75) is 19.5 Å². The molecule has 1 fully saturated rings. The Labute approximate surface area is 160 Å². The first kappa shape index (κ1) is 19.0. The zero-order chi connectivity index (χ0) is 19.2. The summed E-state index contributed by atoms with van der Waals surface area (Å²) in [5.74, 6) is 1.12. The molecular weight excluding hydrogens is 342 g/mol. The number of anilines is 1. The number of carbonyl (C=O) groups excluding carboxylic acids is 1. The lowest BCUT2D eigenvalue weighted by Gasteiger charge is -2.41. The van der Waals surface area contributed by atoms with Gasteiger partial charge in [-0.2, -0.15) is 0 Å². The number of methoxy groups -OCH3 is 1. The number of hydrogen-bond acceptors (Lipinski definition) is 5. The second-order valence-electron chi connectivity index (χ2n) is 6.84. The Hall–Kier alpha value is -2.73. The summed E-state index contributed by atoms with van der Waals surface area (Å²) < 4.78 is 10.9. The van der Waals surface area contributed by atoms with Crippen LogP contribution in [-0.2, 0) is 11.3 Å². The molecule has 0 aliphatic carbocycles. The van der Waals surface area contributed by atoms with Gasteiger partial charge in [-0.1, -0.05) is 24.3 Å². The van der Waals surface area contributed by atoms with Crippen molar-refractivity contribution in [1.82, 2.24) is 4.90 Å². The van der Waals surface area contributed by atoms with E-state index in [1.807, 2.05) is 36.4 Å². The van der Waals surface area contributed by atoms with Crippen molar-refractivity contribution in [3.63, 3.8) is 0 Å². The Morgan fingerprint density at radius 1 is 1.19 bits per heavy atom. The smallest absolute Gasteiger partial charge is 0.255 e. The molecule has 0 unspecified atom stereocenters. The summed E-state index contributed by atoms with van der Waals surface area (Å²) in [5, 5.41) is 0. The third-order valence-corrected chi connectivity index (χ3v) is 4.86. The fraction of sp³-hybridized carbons (Fsp3) is 0.381. The summed E-state index contributed by atoms with van der Waals surface area (Å²) in [7, 11) is 1.71. The first-order valence-corrected chi connectivity index (χ1v) is 9.19. The highest BCUT2D eigenvalue weighted by Gasteiger charge is 2.25. The first-order valence-electron chi connectivity index (χ1n) is 9.19. The lowest BCUT2D eigenvalue weighted by atomic mass is 10.1. The van der Waals surface area contributed by atoms with Gasteiger partial charge in [-0.05, 0) is 36.8 Å². The summed E-state index contributed by atoms with van der Waals surface area (Å²) in [5.41, 5.74) is 7.45.